The van der Waals surface area contributed by atoms with E-state index in [0.29, 0.717) is 13.0 Å². The van der Waals surface area contributed by atoms with Crippen molar-refractivity contribution >= 4 is 11.6 Å². The number of benzene rings is 1. The van der Waals surface area contributed by atoms with Crippen LogP contribution in [0.1, 0.15) is 12.0 Å². The molecule has 1 aromatic heterocycles. The van der Waals surface area contributed by atoms with Gasteiger partial charge in [0.1, 0.15) is 0 Å². The Balaban J connectivity index is 1.50. The van der Waals surface area contributed by atoms with Crippen molar-refractivity contribution in [1.29, 1.82) is 0 Å². The molecule has 2 aromatic rings. The minimum Gasteiger partial charge on any atom is -0.321 e. The third-order valence-corrected chi connectivity index (χ3v) is 4.05. The first kappa shape index (κ1) is 14.4. The summed E-state index contributed by atoms with van der Waals surface area (Å²) in [5.74, 6) is -1.25. The number of amides is 1. The van der Waals surface area contributed by atoms with Gasteiger partial charge in [0, 0.05) is 30.7 Å². The number of hydrogen-bond acceptors (Lipinski definition) is 6. The number of aromatic nitrogens is 1. The first-order chi connectivity index (χ1) is 11.8. The van der Waals surface area contributed by atoms with Crippen LogP contribution in [0.2, 0.25) is 0 Å². The Labute approximate surface area is 138 Å². The van der Waals surface area contributed by atoms with Crippen LogP contribution in [0.3, 0.4) is 0 Å². The lowest BCUT2D eigenvalue weighted by molar-refractivity contribution is -0.688. The van der Waals surface area contributed by atoms with E-state index in [2.05, 4.69) is 42.7 Å². The molecule has 0 unspecified atom stereocenters. The van der Waals surface area contributed by atoms with E-state index in [9.17, 15) is 4.79 Å². The number of hydrogen-bond donors (Lipinski definition) is 1. The van der Waals surface area contributed by atoms with Crippen molar-refractivity contribution in [2.75, 3.05) is 11.9 Å². The highest BCUT2D eigenvalue weighted by Crippen LogP contribution is 2.31. The van der Waals surface area contributed by atoms with Crippen molar-refractivity contribution in [3.63, 3.8) is 0 Å². The van der Waals surface area contributed by atoms with Crippen LogP contribution in [-0.2, 0) is 11.3 Å². The van der Waals surface area contributed by atoms with Gasteiger partial charge in [-0.05, 0) is 10.4 Å². The fourth-order valence-corrected chi connectivity index (χ4v) is 2.69. The average molecular weight is 322 g/mol. The Morgan fingerprint density at radius 1 is 1.08 bits per heavy atom. The molecule has 0 radical (unpaired) electrons. The number of carbonyl (C=O) groups is 1. The maximum absolute atomic E-state index is 11.7. The van der Waals surface area contributed by atoms with Crippen LogP contribution in [-0.4, -0.2) is 23.3 Å². The molecule has 4 rings (SSSR count). The molecule has 0 bridgehead atoms. The quantitative estimate of drug-likeness (QED) is 0.675. The predicted molar refractivity (Wildman–Crippen MR) is 84.6 cm³/mol. The van der Waals surface area contributed by atoms with Gasteiger partial charge in [0.15, 0.2) is 18.9 Å². The zero-order valence-electron chi connectivity index (χ0n) is 12.9. The van der Waals surface area contributed by atoms with Crippen LogP contribution in [0.5, 0.6) is 0 Å². The molecule has 1 N–H and O–H groups in total. The topological polar surface area (TPSA) is 85.7 Å². The highest BCUT2D eigenvalue weighted by molar-refractivity contribution is 5.83. The van der Waals surface area contributed by atoms with Gasteiger partial charge in [-0.3, -0.25) is 9.69 Å². The molecule has 1 saturated heterocycles. The molecule has 0 aliphatic carbocycles. The summed E-state index contributed by atoms with van der Waals surface area (Å²) in [6, 6.07) is 14.1. The van der Waals surface area contributed by atoms with Gasteiger partial charge in [0.2, 0.25) is 5.91 Å². The average Bonchev–Trinajstić information content (AvgIpc) is 3.05. The van der Waals surface area contributed by atoms with Crippen LogP contribution < -0.4 is 9.88 Å². The lowest BCUT2D eigenvalue weighted by Crippen LogP contribution is -2.60. The molecule has 0 atom stereocenters. The first-order valence-corrected chi connectivity index (χ1v) is 7.71. The van der Waals surface area contributed by atoms with Crippen molar-refractivity contribution in [2.24, 2.45) is 20.7 Å². The van der Waals surface area contributed by atoms with Gasteiger partial charge in [-0.15, -0.1) is 0 Å². The molecule has 2 aliphatic heterocycles. The minimum atomic E-state index is -1.24. The monoisotopic (exact) mass is 322 g/mol. The molecule has 0 spiro atoms. The van der Waals surface area contributed by atoms with Gasteiger partial charge in [-0.1, -0.05) is 40.6 Å². The highest BCUT2D eigenvalue weighted by Gasteiger charge is 2.47. The normalized spacial score (nSPS) is 17.8. The van der Waals surface area contributed by atoms with E-state index in [-0.39, 0.29) is 5.91 Å². The fraction of sp³-hybridized carbons (Fsp3) is 0.250. The molecule has 1 amide bonds. The Kier molecular flexibility index (Phi) is 3.49. The van der Waals surface area contributed by atoms with E-state index >= 15 is 0 Å². The van der Waals surface area contributed by atoms with Crippen LogP contribution >= 0.6 is 0 Å². The molecule has 1 fully saturated rings. The highest BCUT2D eigenvalue weighted by atomic mass is 16.2. The smallest absolute Gasteiger partial charge is 0.321 e. The summed E-state index contributed by atoms with van der Waals surface area (Å²) in [4.78, 5) is 13.3. The third kappa shape index (κ3) is 2.62. The maximum Gasteiger partial charge on any atom is 0.352 e. The van der Waals surface area contributed by atoms with Gasteiger partial charge >= 0.3 is 5.91 Å². The fourth-order valence-electron chi connectivity index (χ4n) is 2.69. The molecule has 8 nitrogen and oxygen atoms in total. The van der Waals surface area contributed by atoms with E-state index < -0.39 is 5.91 Å². The predicted octanol–water partition coefficient (Wildman–Crippen LogP) is 2.11. The Morgan fingerprint density at radius 2 is 1.79 bits per heavy atom. The summed E-state index contributed by atoms with van der Waals surface area (Å²) in [5, 5.41) is 18.3. The van der Waals surface area contributed by atoms with E-state index in [4.69, 9.17) is 0 Å². The van der Waals surface area contributed by atoms with Crippen LogP contribution in [0.4, 0.5) is 5.69 Å². The molecule has 8 heteroatoms. The number of nitrogens with one attached hydrogen (secondary N) is 1. The van der Waals surface area contributed by atoms with Gasteiger partial charge < -0.3 is 5.32 Å². The number of nitrogens with zero attached hydrogens (tertiary/aromatic N) is 6. The SMILES string of the molecule is O=C1CCN1C1(Nc2cc[n+](Cc3ccccc3)cc2)N=NN=N1. The largest absolute Gasteiger partial charge is 0.352 e. The van der Waals surface area contributed by atoms with Crippen LogP contribution in [0.25, 0.3) is 0 Å². The summed E-state index contributed by atoms with van der Waals surface area (Å²) in [5.41, 5.74) is 2.02. The van der Waals surface area contributed by atoms with Crippen molar-refractivity contribution in [2.45, 2.75) is 18.9 Å². The van der Waals surface area contributed by atoms with E-state index in [1.807, 2.05) is 42.7 Å². The lowest BCUT2D eigenvalue weighted by Gasteiger charge is -2.39. The number of carbonyl (C=O) groups excluding carboxylic acids is 1. The van der Waals surface area contributed by atoms with Crippen molar-refractivity contribution in [1.82, 2.24) is 4.90 Å². The van der Waals surface area contributed by atoms with Crippen LogP contribution in [0, 0.1) is 0 Å². The second kappa shape index (κ2) is 5.80. The lowest BCUT2D eigenvalue weighted by atomic mass is 10.2. The maximum atomic E-state index is 11.7. The summed E-state index contributed by atoms with van der Waals surface area (Å²) in [7, 11) is 0. The van der Waals surface area contributed by atoms with E-state index in [0.717, 1.165) is 12.2 Å². The van der Waals surface area contributed by atoms with Crippen LogP contribution in [0.15, 0.2) is 75.5 Å². The third-order valence-electron chi connectivity index (χ3n) is 4.05. The number of β-lactam (4-membered cyclic amide) rings is 1. The van der Waals surface area contributed by atoms with Gasteiger partial charge in [0.05, 0.1) is 5.69 Å². The van der Waals surface area contributed by atoms with Crippen molar-refractivity contribution < 1.29 is 9.36 Å². The molecular weight excluding hydrogens is 306 g/mol. The molecular formula is C16H16N7O+. The minimum absolute atomic E-state index is 0.0163. The molecule has 24 heavy (non-hydrogen) atoms. The summed E-state index contributed by atoms with van der Waals surface area (Å²) >= 11 is 0. The number of anilines is 1. The van der Waals surface area contributed by atoms with E-state index in [1.54, 1.807) is 0 Å². The second-order valence-corrected chi connectivity index (χ2v) is 5.68. The zero-order chi connectivity index (χ0) is 16.4. The van der Waals surface area contributed by atoms with Gasteiger partial charge in [0.25, 0.3) is 0 Å². The Bertz CT molecular complexity index is 789. The number of likely N-dealkylation sites (tertiary alicyclic amines) is 1. The molecule has 0 saturated carbocycles. The summed E-state index contributed by atoms with van der Waals surface area (Å²) in [6.07, 6.45) is 4.43. The Morgan fingerprint density at radius 3 is 2.38 bits per heavy atom. The standard InChI is InChI=1S/C16H15N7O/c24-15-8-11-23(15)16(18-20-21-19-16)17-14-6-9-22(10-7-14)12-13-4-2-1-3-5-13/h1-7,9-10H,8,11-12H2/p+1. The number of pyridine rings is 1. The second-order valence-electron chi connectivity index (χ2n) is 5.68. The molecule has 3 heterocycles. The molecule has 1 aromatic carbocycles. The molecule has 120 valence electrons. The van der Waals surface area contributed by atoms with Crippen molar-refractivity contribution in [3.8, 4) is 0 Å². The number of rotatable bonds is 5. The summed E-state index contributed by atoms with van der Waals surface area (Å²) < 4.78 is 2.07. The van der Waals surface area contributed by atoms with E-state index in [1.165, 1.54) is 10.5 Å². The summed E-state index contributed by atoms with van der Waals surface area (Å²) in [6.45, 7) is 1.38. The Hall–Kier alpha value is -3.16. The van der Waals surface area contributed by atoms with Gasteiger partial charge in [-0.25, -0.2) is 4.57 Å². The molecule has 2 aliphatic rings. The van der Waals surface area contributed by atoms with Crippen molar-refractivity contribution in [3.05, 3.63) is 60.4 Å². The first-order valence-electron chi connectivity index (χ1n) is 7.71. The van der Waals surface area contributed by atoms with Gasteiger partial charge in [-0.2, -0.15) is 0 Å². The zero-order valence-corrected chi connectivity index (χ0v) is 12.9.